The molecule has 60 valence electrons. The molecule has 0 atom stereocenters. The molecule has 1 aromatic heterocycles. The largest absolute Gasteiger partial charge is 0.329 e. The fourth-order valence-corrected chi connectivity index (χ4v) is 0.676. The molecule has 0 saturated heterocycles. The summed E-state index contributed by atoms with van der Waals surface area (Å²) in [6.45, 7) is 1.22. The second-order valence-corrected chi connectivity index (χ2v) is 1.89. The SMILES string of the molecule is Cl.N#Cc1cnn(CCN)c1. The number of hydrogen-bond donors (Lipinski definition) is 1. The summed E-state index contributed by atoms with van der Waals surface area (Å²) in [6.07, 6.45) is 3.20. The van der Waals surface area contributed by atoms with Crippen molar-refractivity contribution in [3.8, 4) is 6.07 Å². The van der Waals surface area contributed by atoms with E-state index >= 15 is 0 Å². The van der Waals surface area contributed by atoms with E-state index in [1.807, 2.05) is 6.07 Å². The molecule has 0 aliphatic heterocycles. The van der Waals surface area contributed by atoms with Crippen LogP contribution in [0.4, 0.5) is 0 Å². The Morgan fingerprint density at radius 1 is 1.73 bits per heavy atom. The molecule has 0 spiro atoms. The first-order chi connectivity index (χ1) is 4.86. The summed E-state index contributed by atoms with van der Waals surface area (Å²) in [6, 6.07) is 1.98. The molecule has 0 amide bonds. The van der Waals surface area contributed by atoms with Crippen molar-refractivity contribution in [2.75, 3.05) is 6.54 Å². The van der Waals surface area contributed by atoms with Gasteiger partial charge in [-0.3, -0.25) is 4.68 Å². The molecule has 0 fully saturated rings. The highest BCUT2D eigenvalue weighted by atomic mass is 35.5. The van der Waals surface area contributed by atoms with Crippen molar-refractivity contribution < 1.29 is 0 Å². The van der Waals surface area contributed by atoms with E-state index in [1.54, 1.807) is 10.9 Å². The van der Waals surface area contributed by atoms with E-state index in [2.05, 4.69) is 5.10 Å². The van der Waals surface area contributed by atoms with Crippen LogP contribution in [-0.2, 0) is 6.54 Å². The van der Waals surface area contributed by atoms with Crippen LogP contribution in [0.2, 0.25) is 0 Å². The van der Waals surface area contributed by atoms with Crippen LogP contribution in [0, 0.1) is 11.3 Å². The topological polar surface area (TPSA) is 67.6 Å². The fourth-order valence-electron chi connectivity index (χ4n) is 0.676. The van der Waals surface area contributed by atoms with Gasteiger partial charge in [-0.15, -0.1) is 12.4 Å². The van der Waals surface area contributed by atoms with Gasteiger partial charge in [0.2, 0.25) is 0 Å². The minimum absolute atomic E-state index is 0. The second kappa shape index (κ2) is 4.72. The molecule has 0 saturated carbocycles. The first kappa shape index (κ1) is 9.95. The van der Waals surface area contributed by atoms with Crippen LogP contribution in [0.3, 0.4) is 0 Å². The summed E-state index contributed by atoms with van der Waals surface area (Å²) < 4.78 is 1.65. The van der Waals surface area contributed by atoms with E-state index in [1.165, 1.54) is 6.20 Å². The molecule has 11 heavy (non-hydrogen) atoms. The number of hydrogen-bond acceptors (Lipinski definition) is 3. The van der Waals surface area contributed by atoms with Crippen molar-refractivity contribution in [1.82, 2.24) is 9.78 Å². The van der Waals surface area contributed by atoms with Gasteiger partial charge in [0.15, 0.2) is 0 Å². The lowest BCUT2D eigenvalue weighted by atomic mass is 10.4. The molecule has 1 heterocycles. The van der Waals surface area contributed by atoms with Crippen LogP contribution < -0.4 is 5.73 Å². The molecule has 4 nitrogen and oxygen atoms in total. The van der Waals surface area contributed by atoms with E-state index in [-0.39, 0.29) is 12.4 Å². The molecule has 1 rings (SSSR count). The van der Waals surface area contributed by atoms with Crippen LogP contribution in [0.5, 0.6) is 0 Å². The van der Waals surface area contributed by atoms with E-state index < -0.39 is 0 Å². The number of aromatic nitrogens is 2. The zero-order chi connectivity index (χ0) is 7.40. The second-order valence-electron chi connectivity index (χ2n) is 1.89. The maximum Gasteiger partial charge on any atom is 0.102 e. The van der Waals surface area contributed by atoms with Gasteiger partial charge in [-0.1, -0.05) is 0 Å². The average Bonchev–Trinajstić information content (AvgIpc) is 2.37. The number of nitrogens with zero attached hydrogens (tertiary/aromatic N) is 3. The Labute approximate surface area is 71.0 Å². The third kappa shape index (κ3) is 2.58. The molecule has 0 aliphatic carbocycles. The predicted octanol–water partition coefficient (Wildman–Crippen LogP) is 0.135. The van der Waals surface area contributed by atoms with Gasteiger partial charge in [0.1, 0.15) is 6.07 Å². The minimum atomic E-state index is 0. The van der Waals surface area contributed by atoms with Gasteiger partial charge in [-0.25, -0.2) is 0 Å². The Kier molecular flexibility index (Phi) is 4.27. The molecule has 0 aliphatic rings. The van der Waals surface area contributed by atoms with E-state index in [9.17, 15) is 0 Å². The van der Waals surface area contributed by atoms with Gasteiger partial charge in [0.25, 0.3) is 0 Å². The Morgan fingerprint density at radius 2 is 2.45 bits per heavy atom. The van der Waals surface area contributed by atoms with Crippen LogP contribution in [0.1, 0.15) is 5.56 Å². The van der Waals surface area contributed by atoms with Crippen molar-refractivity contribution in [1.29, 1.82) is 5.26 Å². The summed E-state index contributed by atoms with van der Waals surface area (Å²) in [7, 11) is 0. The normalized spacial score (nSPS) is 8.36. The van der Waals surface area contributed by atoms with Crippen LogP contribution >= 0.6 is 12.4 Å². The highest BCUT2D eigenvalue weighted by Crippen LogP contribution is 1.92. The first-order valence-corrected chi connectivity index (χ1v) is 2.99. The quantitative estimate of drug-likeness (QED) is 0.690. The summed E-state index contributed by atoms with van der Waals surface area (Å²) in [5.41, 5.74) is 5.84. The zero-order valence-corrected chi connectivity index (χ0v) is 6.71. The van der Waals surface area contributed by atoms with Gasteiger partial charge >= 0.3 is 0 Å². The van der Waals surface area contributed by atoms with E-state index in [0.717, 1.165) is 0 Å². The maximum atomic E-state index is 8.38. The predicted molar refractivity (Wildman–Crippen MR) is 43.2 cm³/mol. The van der Waals surface area contributed by atoms with Gasteiger partial charge in [0.05, 0.1) is 18.3 Å². The first-order valence-electron chi connectivity index (χ1n) is 2.99. The smallest absolute Gasteiger partial charge is 0.102 e. The fraction of sp³-hybridized carbons (Fsp3) is 0.333. The molecule has 2 N–H and O–H groups in total. The lowest BCUT2D eigenvalue weighted by Gasteiger charge is -1.93. The van der Waals surface area contributed by atoms with Crippen molar-refractivity contribution in [3.63, 3.8) is 0 Å². The van der Waals surface area contributed by atoms with Crippen molar-refractivity contribution in [3.05, 3.63) is 18.0 Å². The number of nitriles is 1. The molecular weight excluding hydrogens is 164 g/mol. The molecule has 0 unspecified atom stereocenters. The van der Waals surface area contributed by atoms with E-state index in [4.69, 9.17) is 11.0 Å². The highest BCUT2D eigenvalue weighted by molar-refractivity contribution is 5.85. The molecule has 0 aromatic carbocycles. The monoisotopic (exact) mass is 172 g/mol. The summed E-state index contributed by atoms with van der Waals surface area (Å²) >= 11 is 0. The average molecular weight is 173 g/mol. The maximum absolute atomic E-state index is 8.38. The summed E-state index contributed by atoms with van der Waals surface area (Å²) in [5.74, 6) is 0. The number of rotatable bonds is 2. The van der Waals surface area contributed by atoms with Gasteiger partial charge in [0, 0.05) is 12.7 Å². The van der Waals surface area contributed by atoms with Gasteiger partial charge in [-0.05, 0) is 0 Å². The third-order valence-corrected chi connectivity index (χ3v) is 1.12. The van der Waals surface area contributed by atoms with Crippen LogP contribution in [0.15, 0.2) is 12.4 Å². The van der Waals surface area contributed by atoms with Gasteiger partial charge in [-0.2, -0.15) is 10.4 Å². The van der Waals surface area contributed by atoms with Crippen LogP contribution in [-0.4, -0.2) is 16.3 Å². The lowest BCUT2D eigenvalue weighted by molar-refractivity contribution is 0.625. The van der Waals surface area contributed by atoms with Crippen molar-refractivity contribution in [2.45, 2.75) is 6.54 Å². The lowest BCUT2D eigenvalue weighted by Crippen LogP contribution is -2.09. The van der Waals surface area contributed by atoms with Crippen molar-refractivity contribution in [2.24, 2.45) is 5.73 Å². The minimum Gasteiger partial charge on any atom is -0.329 e. The number of halogens is 1. The third-order valence-electron chi connectivity index (χ3n) is 1.12. The zero-order valence-electron chi connectivity index (χ0n) is 5.90. The Balaban J connectivity index is 0.000001000. The van der Waals surface area contributed by atoms with Gasteiger partial charge < -0.3 is 5.73 Å². The Morgan fingerprint density at radius 3 is 2.91 bits per heavy atom. The Bertz CT molecular complexity index is 249. The molecule has 0 bridgehead atoms. The molecule has 5 heteroatoms. The standard InChI is InChI=1S/C6H8N4.ClH/c7-1-2-10-5-6(3-8)4-9-10;/h4-5H,1-2,7H2;1H. The summed E-state index contributed by atoms with van der Waals surface area (Å²) in [4.78, 5) is 0. The number of nitrogens with two attached hydrogens (primary N) is 1. The molecule has 1 aromatic rings. The molecule has 0 radical (unpaired) electrons. The van der Waals surface area contributed by atoms with Crippen LogP contribution in [0.25, 0.3) is 0 Å². The summed E-state index contributed by atoms with van der Waals surface area (Å²) in [5, 5.41) is 12.3. The Hall–Kier alpha value is -1.05. The van der Waals surface area contributed by atoms with E-state index in [0.29, 0.717) is 18.7 Å². The molecular formula is C6H9ClN4. The highest BCUT2D eigenvalue weighted by Gasteiger charge is 1.93. The van der Waals surface area contributed by atoms with Crippen molar-refractivity contribution >= 4 is 12.4 Å².